The molecule has 0 atom stereocenters. The first-order valence-electron chi connectivity index (χ1n) is 8.72. The Balaban J connectivity index is 1.92. The fraction of sp³-hybridized carbons (Fsp3) is 0.556. The number of benzene rings is 1. The van der Waals surface area contributed by atoms with E-state index in [9.17, 15) is 4.79 Å². The summed E-state index contributed by atoms with van der Waals surface area (Å²) < 4.78 is 5.91. The number of amides is 1. The minimum atomic E-state index is -0.0451. The standard InChI is InChI=1S/C18H28N4O2/c1-3-19-17(23)12-22-18(20-4-2)21-11-15-7-5-6-8-16(15)24-13-14-9-10-14/h5-8,14H,3-4,9-13H2,1-2H3,(H,19,23)(H2,20,21,22). The van der Waals surface area contributed by atoms with Crippen molar-refractivity contribution in [2.75, 3.05) is 26.2 Å². The smallest absolute Gasteiger partial charge is 0.239 e. The molecule has 0 aromatic heterocycles. The van der Waals surface area contributed by atoms with E-state index in [0.29, 0.717) is 19.0 Å². The maximum Gasteiger partial charge on any atom is 0.239 e. The SMILES string of the molecule is CCNC(=O)CNC(=NCc1ccccc1OCC1CC1)NCC. The van der Waals surface area contributed by atoms with E-state index < -0.39 is 0 Å². The maximum atomic E-state index is 11.6. The van der Waals surface area contributed by atoms with Gasteiger partial charge in [-0.3, -0.25) is 4.79 Å². The summed E-state index contributed by atoms with van der Waals surface area (Å²) >= 11 is 0. The van der Waals surface area contributed by atoms with Gasteiger partial charge in [0.05, 0.1) is 19.7 Å². The number of carbonyl (C=O) groups excluding carboxylic acids is 1. The molecule has 0 saturated heterocycles. The van der Waals surface area contributed by atoms with E-state index >= 15 is 0 Å². The third-order valence-electron chi connectivity index (χ3n) is 3.69. The number of nitrogens with zero attached hydrogens (tertiary/aromatic N) is 1. The number of para-hydroxylation sites is 1. The minimum Gasteiger partial charge on any atom is -0.493 e. The van der Waals surface area contributed by atoms with Crippen molar-refractivity contribution in [3.8, 4) is 5.75 Å². The summed E-state index contributed by atoms with van der Waals surface area (Å²) in [6.07, 6.45) is 2.54. The Labute approximate surface area is 144 Å². The number of hydrogen-bond donors (Lipinski definition) is 3. The van der Waals surface area contributed by atoms with Gasteiger partial charge in [0.2, 0.25) is 5.91 Å². The van der Waals surface area contributed by atoms with Crippen LogP contribution in [0.2, 0.25) is 0 Å². The number of guanidine groups is 1. The molecule has 0 aliphatic heterocycles. The van der Waals surface area contributed by atoms with Crippen LogP contribution in [0.3, 0.4) is 0 Å². The van der Waals surface area contributed by atoms with E-state index in [1.54, 1.807) is 0 Å². The van der Waals surface area contributed by atoms with Gasteiger partial charge >= 0.3 is 0 Å². The largest absolute Gasteiger partial charge is 0.493 e. The Morgan fingerprint density at radius 2 is 1.92 bits per heavy atom. The predicted molar refractivity (Wildman–Crippen MR) is 96.2 cm³/mol. The Morgan fingerprint density at radius 1 is 1.17 bits per heavy atom. The lowest BCUT2D eigenvalue weighted by molar-refractivity contribution is -0.119. The quantitative estimate of drug-likeness (QED) is 0.475. The Bertz CT molecular complexity index is 556. The number of likely N-dealkylation sites (N-methyl/N-ethyl adjacent to an activating group) is 1. The molecule has 0 radical (unpaired) electrons. The summed E-state index contributed by atoms with van der Waals surface area (Å²) in [6, 6.07) is 7.99. The van der Waals surface area contributed by atoms with Gasteiger partial charge in [0.25, 0.3) is 0 Å². The van der Waals surface area contributed by atoms with E-state index in [-0.39, 0.29) is 12.5 Å². The summed E-state index contributed by atoms with van der Waals surface area (Å²) in [6.45, 7) is 6.76. The molecule has 132 valence electrons. The zero-order valence-corrected chi connectivity index (χ0v) is 14.6. The van der Waals surface area contributed by atoms with Gasteiger partial charge in [0.15, 0.2) is 5.96 Å². The zero-order valence-electron chi connectivity index (χ0n) is 14.6. The van der Waals surface area contributed by atoms with Gasteiger partial charge in [-0.15, -0.1) is 0 Å². The van der Waals surface area contributed by atoms with Gasteiger partial charge in [-0.1, -0.05) is 18.2 Å². The normalized spacial score (nSPS) is 14.2. The van der Waals surface area contributed by atoms with E-state index in [1.165, 1.54) is 12.8 Å². The second-order valence-electron chi connectivity index (χ2n) is 5.86. The fourth-order valence-corrected chi connectivity index (χ4v) is 2.20. The van der Waals surface area contributed by atoms with Crippen LogP contribution in [0.15, 0.2) is 29.3 Å². The molecule has 1 amide bonds. The van der Waals surface area contributed by atoms with Crippen LogP contribution in [0.5, 0.6) is 5.75 Å². The molecule has 1 aliphatic carbocycles. The van der Waals surface area contributed by atoms with Crippen LogP contribution < -0.4 is 20.7 Å². The van der Waals surface area contributed by atoms with Crippen molar-refractivity contribution in [2.24, 2.45) is 10.9 Å². The topological polar surface area (TPSA) is 74.8 Å². The molecular formula is C18H28N4O2. The first kappa shape index (κ1) is 18.1. The molecule has 1 saturated carbocycles. The number of nitrogens with one attached hydrogen (secondary N) is 3. The molecule has 3 N–H and O–H groups in total. The molecule has 6 heteroatoms. The van der Waals surface area contributed by atoms with Crippen molar-refractivity contribution in [3.63, 3.8) is 0 Å². The predicted octanol–water partition coefficient (Wildman–Crippen LogP) is 1.67. The third kappa shape index (κ3) is 6.48. The average molecular weight is 332 g/mol. The van der Waals surface area contributed by atoms with E-state index in [2.05, 4.69) is 20.9 Å². The Morgan fingerprint density at radius 3 is 2.62 bits per heavy atom. The molecule has 0 unspecified atom stereocenters. The van der Waals surface area contributed by atoms with Crippen LogP contribution in [0.4, 0.5) is 0 Å². The highest BCUT2D eigenvalue weighted by Gasteiger charge is 2.22. The van der Waals surface area contributed by atoms with Crippen LogP contribution in [0, 0.1) is 5.92 Å². The molecule has 1 aromatic carbocycles. The van der Waals surface area contributed by atoms with Crippen molar-refractivity contribution in [1.82, 2.24) is 16.0 Å². The minimum absolute atomic E-state index is 0.0451. The van der Waals surface area contributed by atoms with Crippen LogP contribution in [0.25, 0.3) is 0 Å². The molecule has 0 spiro atoms. The summed E-state index contributed by atoms with van der Waals surface area (Å²) in [4.78, 5) is 16.1. The van der Waals surface area contributed by atoms with Crippen molar-refractivity contribution < 1.29 is 9.53 Å². The summed E-state index contributed by atoms with van der Waals surface area (Å²) in [5.41, 5.74) is 1.05. The summed E-state index contributed by atoms with van der Waals surface area (Å²) in [7, 11) is 0. The first-order chi connectivity index (χ1) is 11.7. The molecule has 0 heterocycles. The van der Waals surface area contributed by atoms with Gasteiger partial charge in [-0.2, -0.15) is 0 Å². The highest BCUT2D eigenvalue weighted by atomic mass is 16.5. The lowest BCUT2D eigenvalue weighted by Crippen LogP contribution is -2.43. The highest BCUT2D eigenvalue weighted by Crippen LogP contribution is 2.30. The third-order valence-corrected chi connectivity index (χ3v) is 3.69. The second kappa shape index (κ2) is 9.80. The molecular weight excluding hydrogens is 304 g/mol. The first-order valence-corrected chi connectivity index (χ1v) is 8.72. The van der Waals surface area contributed by atoms with Crippen molar-refractivity contribution >= 4 is 11.9 Å². The van der Waals surface area contributed by atoms with E-state index in [1.807, 2.05) is 38.1 Å². The van der Waals surface area contributed by atoms with Crippen LogP contribution in [-0.2, 0) is 11.3 Å². The fourth-order valence-electron chi connectivity index (χ4n) is 2.20. The van der Waals surface area contributed by atoms with Crippen LogP contribution in [0.1, 0.15) is 32.3 Å². The lowest BCUT2D eigenvalue weighted by atomic mass is 10.2. The monoisotopic (exact) mass is 332 g/mol. The van der Waals surface area contributed by atoms with Gasteiger partial charge in [0.1, 0.15) is 5.75 Å². The summed E-state index contributed by atoms with van der Waals surface area (Å²) in [5, 5.41) is 8.94. The number of ether oxygens (including phenoxy) is 1. The van der Waals surface area contributed by atoms with Crippen LogP contribution in [-0.4, -0.2) is 38.1 Å². The van der Waals surface area contributed by atoms with Gasteiger partial charge in [-0.25, -0.2) is 4.99 Å². The second-order valence-corrected chi connectivity index (χ2v) is 5.86. The summed E-state index contributed by atoms with van der Waals surface area (Å²) in [5.74, 6) is 2.20. The van der Waals surface area contributed by atoms with Crippen molar-refractivity contribution in [1.29, 1.82) is 0 Å². The van der Waals surface area contributed by atoms with Gasteiger partial charge in [0, 0.05) is 18.7 Å². The van der Waals surface area contributed by atoms with Gasteiger partial charge < -0.3 is 20.7 Å². The highest BCUT2D eigenvalue weighted by molar-refractivity contribution is 5.86. The Hall–Kier alpha value is -2.24. The number of rotatable bonds is 9. The van der Waals surface area contributed by atoms with Crippen LogP contribution >= 0.6 is 0 Å². The van der Waals surface area contributed by atoms with E-state index in [4.69, 9.17) is 4.74 Å². The zero-order chi connectivity index (χ0) is 17.2. The average Bonchev–Trinajstić information content (AvgIpc) is 3.41. The molecule has 1 aromatic rings. The number of carbonyl (C=O) groups is 1. The molecule has 1 fully saturated rings. The number of aliphatic imine (C=N–C) groups is 1. The molecule has 1 aliphatic rings. The lowest BCUT2D eigenvalue weighted by Gasteiger charge is -2.13. The van der Waals surface area contributed by atoms with Crippen molar-refractivity contribution in [2.45, 2.75) is 33.2 Å². The van der Waals surface area contributed by atoms with Gasteiger partial charge in [-0.05, 0) is 38.7 Å². The maximum absolute atomic E-state index is 11.6. The molecule has 2 rings (SSSR count). The molecule has 6 nitrogen and oxygen atoms in total. The molecule has 24 heavy (non-hydrogen) atoms. The molecule has 0 bridgehead atoms. The number of hydrogen-bond acceptors (Lipinski definition) is 3. The Kier molecular flexibility index (Phi) is 7.39. The van der Waals surface area contributed by atoms with E-state index in [0.717, 1.165) is 30.4 Å². The van der Waals surface area contributed by atoms with Crippen molar-refractivity contribution in [3.05, 3.63) is 29.8 Å².